The van der Waals surface area contributed by atoms with E-state index < -0.39 is 0 Å². The van der Waals surface area contributed by atoms with Crippen LogP contribution in [-0.2, 0) is 4.79 Å². The molecule has 3 rings (SSSR count). The first kappa shape index (κ1) is 18.4. The number of Topliss-reactive ketones (excluding diaryl/α,β-unsaturated/α-hetero) is 1. The predicted octanol–water partition coefficient (Wildman–Crippen LogP) is 3.30. The molecule has 0 aliphatic carbocycles. The topological polar surface area (TPSA) is 52.7 Å². The maximum atomic E-state index is 12.4. The summed E-state index contributed by atoms with van der Waals surface area (Å²) in [6.45, 7) is 5.02. The Kier molecular flexibility index (Phi) is 5.91. The molecule has 1 amide bonds. The Morgan fingerprint density at radius 1 is 1.00 bits per heavy atom. The van der Waals surface area contributed by atoms with Crippen LogP contribution in [-0.4, -0.2) is 49.3 Å². The Bertz CT molecular complexity index is 801. The van der Waals surface area contributed by atoms with Crippen molar-refractivity contribution in [3.8, 4) is 0 Å². The fourth-order valence-electron chi connectivity index (χ4n) is 3.15. The third kappa shape index (κ3) is 4.42. The molecule has 1 N–H and O–H groups in total. The summed E-state index contributed by atoms with van der Waals surface area (Å²) in [6.07, 6.45) is 0. The van der Waals surface area contributed by atoms with Crippen molar-refractivity contribution in [2.45, 2.75) is 6.92 Å². The van der Waals surface area contributed by atoms with Crippen molar-refractivity contribution in [2.75, 3.05) is 42.9 Å². The van der Waals surface area contributed by atoms with E-state index in [4.69, 9.17) is 11.6 Å². The highest BCUT2D eigenvalue weighted by atomic mass is 35.5. The van der Waals surface area contributed by atoms with E-state index in [9.17, 15) is 9.59 Å². The minimum atomic E-state index is -0.107. The van der Waals surface area contributed by atoms with Gasteiger partial charge in [0, 0.05) is 31.7 Å². The van der Waals surface area contributed by atoms with E-state index in [2.05, 4.69) is 15.1 Å². The van der Waals surface area contributed by atoms with Crippen molar-refractivity contribution in [1.29, 1.82) is 0 Å². The second-order valence-electron chi connectivity index (χ2n) is 6.36. The summed E-state index contributed by atoms with van der Waals surface area (Å²) in [4.78, 5) is 28.4. The Morgan fingerprint density at radius 3 is 2.35 bits per heavy atom. The molecule has 1 saturated heterocycles. The zero-order chi connectivity index (χ0) is 18.5. The van der Waals surface area contributed by atoms with Crippen LogP contribution in [0, 0.1) is 0 Å². The minimum absolute atomic E-state index is 0.0609. The molecule has 0 aromatic heterocycles. The largest absolute Gasteiger partial charge is 0.368 e. The lowest BCUT2D eigenvalue weighted by Crippen LogP contribution is -2.48. The number of amides is 1. The van der Waals surface area contributed by atoms with Crippen LogP contribution in [0.2, 0.25) is 5.02 Å². The summed E-state index contributed by atoms with van der Waals surface area (Å²) in [5.41, 5.74) is 2.14. The highest BCUT2D eigenvalue weighted by Crippen LogP contribution is 2.26. The first-order valence-electron chi connectivity index (χ1n) is 8.66. The third-order valence-electron chi connectivity index (χ3n) is 4.51. The minimum Gasteiger partial charge on any atom is -0.368 e. The number of anilines is 2. The molecule has 6 heteroatoms. The number of rotatable bonds is 5. The van der Waals surface area contributed by atoms with E-state index in [1.54, 1.807) is 18.2 Å². The summed E-state index contributed by atoms with van der Waals surface area (Å²) in [7, 11) is 0. The molecule has 0 bridgehead atoms. The van der Waals surface area contributed by atoms with Gasteiger partial charge in [-0.2, -0.15) is 0 Å². The molecule has 0 atom stereocenters. The summed E-state index contributed by atoms with van der Waals surface area (Å²) >= 11 is 6.26. The standard InChI is InChI=1S/C20H22ClN3O2/c1-15(25)16-6-2-4-8-18(16)22-20(26)14-23-10-12-24(13-11-23)19-9-5-3-7-17(19)21/h2-9H,10-14H2,1H3,(H,22,26). The first-order chi connectivity index (χ1) is 12.5. The predicted molar refractivity (Wildman–Crippen MR) is 105 cm³/mol. The molecule has 2 aromatic rings. The van der Waals surface area contributed by atoms with Gasteiger partial charge in [-0.15, -0.1) is 0 Å². The van der Waals surface area contributed by atoms with Crippen LogP contribution in [0.3, 0.4) is 0 Å². The molecule has 0 saturated carbocycles. The lowest BCUT2D eigenvalue weighted by Gasteiger charge is -2.36. The van der Waals surface area contributed by atoms with Crippen LogP contribution in [0.5, 0.6) is 0 Å². The molecule has 1 heterocycles. The molecule has 1 aliphatic rings. The summed E-state index contributed by atoms with van der Waals surface area (Å²) < 4.78 is 0. The molecule has 1 aliphatic heterocycles. The van der Waals surface area contributed by atoms with Crippen molar-refractivity contribution in [2.24, 2.45) is 0 Å². The molecule has 26 heavy (non-hydrogen) atoms. The zero-order valence-corrected chi connectivity index (χ0v) is 15.5. The van der Waals surface area contributed by atoms with E-state index in [-0.39, 0.29) is 11.7 Å². The lowest BCUT2D eigenvalue weighted by molar-refractivity contribution is -0.117. The van der Waals surface area contributed by atoms with Gasteiger partial charge in [0.2, 0.25) is 5.91 Å². The number of ketones is 1. The lowest BCUT2D eigenvalue weighted by atomic mass is 10.1. The van der Waals surface area contributed by atoms with Crippen LogP contribution in [0.15, 0.2) is 48.5 Å². The quantitative estimate of drug-likeness (QED) is 0.819. The summed E-state index contributed by atoms with van der Waals surface area (Å²) in [5, 5.41) is 3.60. The molecular weight excluding hydrogens is 350 g/mol. The van der Waals surface area contributed by atoms with Gasteiger partial charge in [-0.1, -0.05) is 35.9 Å². The third-order valence-corrected chi connectivity index (χ3v) is 4.83. The molecule has 136 valence electrons. The Labute approximate surface area is 158 Å². The van der Waals surface area contributed by atoms with Crippen molar-refractivity contribution < 1.29 is 9.59 Å². The number of nitrogens with zero attached hydrogens (tertiary/aromatic N) is 2. The fraction of sp³-hybridized carbons (Fsp3) is 0.300. The Morgan fingerprint density at radius 2 is 1.65 bits per heavy atom. The molecule has 0 radical (unpaired) electrons. The van der Waals surface area contributed by atoms with Gasteiger partial charge < -0.3 is 10.2 Å². The van der Waals surface area contributed by atoms with Crippen molar-refractivity contribution in [3.63, 3.8) is 0 Å². The highest BCUT2D eigenvalue weighted by molar-refractivity contribution is 6.33. The molecule has 0 spiro atoms. The number of halogens is 1. The number of carbonyl (C=O) groups excluding carboxylic acids is 2. The van der Waals surface area contributed by atoms with Gasteiger partial charge in [0.1, 0.15) is 0 Å². The first-order valence-corrected chi connectivity index (χ1v) is 9.04. The molecule has 5 nitrogen and oxygen atoms in total. The van der Waals surface area contributed by atoms with Crippen LogP contribution < -0.4 is 10.2 Å². The Balaban J connectivity index is 1.54. The van der Waals surface area contributed by atoms with Gasteiger partial charge in [-0.25, -0.2) is 0 Å². The number of para-hydroxylation sites is 2. The van der Waals surface area contributed by atoms with Crippen LogP contribution >= 0.6 is 11.6 Å². The van der Waals surface area contributed by atoms with Gasteiger partial charge in [0.25, 0.3) is 0 Å². The molecular formula is C20H22ClN3O2. The maximum Gasteiger partial charge on any atom is 0.238 e. The van der Waals surface area contributed by atoms with E-state index in [1.807, 2.05) is 30.3 Å². The second-order valence-corrected chi connectivity index (χ2v) is 6.77. The van der Waals surface area contributed by atoms with Gasteiger partial charge in [0.05, 0.1) is 22.9 Å². The van der Waals surface area contributed by atoms with Gasteiger partial charge in [0.15, 0.2) is 5.78 Å². The average molecular weight is 372 g/mol. The maximum absolute atomic E-state index is 12.4. The SMILES string of the molecule is CC(=O)c1ccccc1NC(=O)CN1CCN(c2ccccc2Cl)CC1. The number of benzene rings is 2. The fourth-order valence-corrected chi connectivity index (χ4v) is 3.40. The highest BCUT2D eigenvalue weighted by Gasteiger charge is 2.21. The number of piperazine rings is 1. The molecule has 1 fully saturated rings. The zero-order valence-electron chi connectivity index (χ0n) is 14.7. The average Bonchev–Trinajstić information content (AvgIpc) is 2.63. The van der Waals surface area contributed by atoms with E-state index in [0.717, 1.165) is 36.9 Å². The summed E-state index contributed by atoms with van der Waals surface area (Å²) in [5.74, 6) is -0.167. The monoisotopic (exact) mass is 371 g/mol. The van der Waals surface area contributed by atoms with Crippen LogP contribution in [0.4, 0.5) is 11.4 Å². The van der Waals surface area contributed by atoms with E-state index >= 15 is 0 Å². The number of hydrogen-bond acceptors (Lipinski definition) is 4. The van der Waals surface area contributed by atoms with Crippen molar-refractivity contribution >= 4 is 34.7 Å². The smallest absolute Gasteiger partial charge is 0.238 e. The molecule has 0 unspecified atom stereocenters. The van der Waals surface area contributed by atoms with Crippen LogP contribution in [0.1, 0.15) is 17.3 Å². The van der Waals surface area contributed by atoms with Gasteiger partial charge >= 0.3 is 0 Å². The molecule has 2 aromatic carbocycles. The van der Waals surface area contributed by atoms with Crippen molar-refractivity contribution in [1.82, 2.24) is 4.90 Å². The van der Waals surface area contributed by atoms with Gasteiger partial charge in [-0.05, 0) is 31.2 Å². The van der Waals surface area contributed by atoms with E-state index in [1.165, 1.54) is 6.92 Å². The number of carbonyl (C=O) groups is 2. The van der Waals surface area contributed by atoms with Crippen molar-refractivity contribution in [3.05, 3.63) is 59.1 Å². The van der Waals surface area contributed by atoms with Gasteiger partial charge in [-0.3, -0.25) is 14.5 Å². The normalized spacial score (nSPS) is 14.9. The van der Waals surface area contributed by atoms with E-state index in [0.29, 0.717) is 17.8 Å². The van der Waals surface area contributed by atoms with Crippen LogP contribution in [0.25, 0.3) is 0 Å². The Hall–Kier alpha value is -2.37. The summed E-state index contributed by atoms with van der Waals surface area (Å²) in [6, 6.07) is 14.9. The number of hydrogen-bond donors (Lipinski definition) is 1. The number of nitrogens with one attached hydrogen (secondary N) is 1. The second kappa shape index (κ2) is 8.34.